The molecule has 0 aliphatic heterocycles. The summed E-state index contributed by atoms with van der Waals surface area (Å²) in [5.41, 5.74) is 0.795. The number of hydrogen-bond donors (Lipinski definition) is 0. The molecule has 0 N–H and O–H groups in total. The Hall–Kier alpha value is -1.63. The van der Waals surface area contributed by atoms with Crippen molar-refractivity contribution in [1.29, 1.82) is 0 Å². The Morgan fingerprint density at radius 1 is 1.17 bits per heavy atom. The van der Waals surface area contributed by atoms with E-state index < -0.39 is 0 Å². The van der Waals surface area contributed by atoms with E-state index in [1.54, 1.807) is 30.5 Å². The van der Waals surface area contributed by atoms with Crippen LogP contribution in [0.25, 0.3) is 11.5 Å². The fourth-order valence-electron chi connectivity index (χ4n) is 1.88. The van der Waals surface area contributed by atoms with Gasteiger partial charge in [-0.3, -0.25) is 0 Å². The molecule has 0 aliphatic carbocycles. The molecule has 0 spiro atoms. The zero-order valence-electron chi connectivity index (χ0n) is 12.1. The van der Waals surface area contributed by atoms with Crippen molar-refractivity contribution in [2.45, 2.75) is 12.1 Å². The monoisotopic (exact) mass is 370 g/mol. The summed E-state index contributed by atoms with van der Waals surface area (Å²) < 4.78 is 16.4. The minimum Gasteiger partial charge on any atom is -0.490 e. The second-order valence-electron chi connectivity index (χ2n) is 4.51. The van der Waals surface area contributed by atoms with E-state index >= 15 is 0 Å². The number of benzene rings is 1. The average Bonchev–Trinajstić information content (AvgIpc) is 3.14. The highest BCUT2D eigenvalue weighted by atomic mass is 35.5. The average molecular weight is 371 g/mol. The first-order valence-electron chi connectivity index (χ1n) is 6.72. The second-order valence-corrected chi connectivity index (χ2v) is 6.37. The maximum atomic E-state index is 6.03. The largest absolute Gasteiger partial charge is 0.490 e. The molecule has 2 heterocycles. The molecule has 0 fully saturated rings. The normalized spacial score (nSPS) is 10.9. The lowest BCUT2D eigenvalue weighted by Crippen LogP contribution is -2.01. The summed E-state index contributed by atoms with van der Waals surface area (Å²) in [7, 11) is 0. The molecule has 3 rings (SSSR count). The molecule has 3 aromatic rings. The number of hydrogen-bond acceptors (Lipinski definition) is 6. The second kappa shape index (κ2) is 7.29. The van der Waals surface area contributed by atoms with Gasteiger partial charge in [-0.1, -0.05) is 41.0 Å². The van der Waals surface area contributed by atoms with Crippen LogP contribution in [-0.4, -0.2) is 22.6 Å². The van der Waals surface area contributed by atoms with Crippen LogP contribution in [0.5, 0.6) is 5.75 Å². The first-order valence-corrected chi connectivity index (χ1v) is 8.47. The summed E-state index contributed by atoms with van der Waals surface area (Å²) in [5, 5.41) is 9.43. The van der Waals surface area contributed by atoms with Gasteiger partial charge in [-0.05, 0) is 25.1 Å². The van der Waals surface area contributed by atoms with Gasteiger partial charge < -0.3 is 13.6 Å². The lowest BCUT2D eigenvalue weighted by molar-refractivity contribution is 0.343. The third kappa shape index (κ3) is 3.83. The van der Waals surface area contributed by atoms with E-state index in [1.165, 1.54) is 11.8 Å². The Kier molecular flexibility index (Phi) is 5.15. The van der Waals surface area contributed by atoms with E-state index in [-0.39, 0.29) is 0 Å². The molecule has 0 radical (unpaired) electrons. The molecule has 1 aromatic carbocycles. The first kappa shape index (κ1) is 16.2. The standard InChI is InChI=1S/C15H12Cl2N2O3S/c1-9-10(5-6-20-9)14-18-19-15(22-14)23-8-7-21-13-11(16)3-2-4-12(13)17/h2-6H,7-8H2,1H3. The Morgan fingerprint density at radius 2 is 1.96 bits per heavy atom. The third-order valence-electron chi connectivity index (χ3n) is 2.97. The SMILES string of the molecule is Cc1occc1-c1nnc(SCCOc2c(Cl)cccc2Cl)o1. The van der Waals surface area contributed by atoms with Crippen molar-refractivity contribution < 1.29 is 13.6 Å². The summed E-state index contributed by atoms with van der Waals surface area (Å²) in [6.45, 7) is 2.25. The number of aromatic nitrogens is 2. The Balaban J connectivity index is 1.54. The summed E-state index contributed by atoms with van der Waals surface area (Å²) in [6, 6.07) is 7.02. The molecule has 0 aliphatic rings. The van der Waals surface area contributed by atoms with E-state index in [9.17, 15) is 0 Å². The molecule has 0 unspecified atom stereocenters. The van der Waals surface area contributed by atoms with Crippen LogP contribution < -0.4 is 4.74 Å². The number of rotatable bonds is 6. The number of furan rings is 1. The molecule has 120 valence electrons. The van der Waals surface area contributed by atoms with Crippen molar-refractivity contribution in [1.82, 2.24) is 10.2 Å². The minimum absolute atomic E-state index is 0.413. The lowest BCUT2D eigenvalue weighted by Gasteiger charge is -2.08. The van der Waals surface area contributed by atoms with Crippen molar-refractivity contribution in [3.8, 4) is 17.2 Å². The van der Waals surface area contributed by atoms with Crippen LogP contribution in [0.3, 0.4) is 0 Å². The van der Waals surface area contributed by atoms with E-state index in [4.69, 9.17) is 36.8 Å². The molecule has 0 bridgehead atoms. The fourth-order valence-corrected chi connectivity index (χ4v) is 2.96. The number of aryl methyl sites for hydroxylation is 1. The van der Waals surface area contributed by atoms with Gasteiger partial charge in [-0.2, -0.15) is 0 Å². The lowest BCUT2D eigenvalue weighted by atomic mass is 10.3. The molecule has 0 saturated heterocycles. The van der Waals surface area contributed by atoms with Gasteiger partial charge in [0.2, 0.25) is 0 Å². The fraction of sp³-hybridized carbons (Fsp3) is 0.200. The van der Waals surface area contributed by atoms with Gasteiger partial charge in [0, 0.05) is 5.75 Å². The summed E-state index contributed by atoms with van der Waals surface area (Å²) in [4.78, 5) is 0. The van der Waals surface area contributed by atoms with Crippen molar-refractivity contribution in [3.63, 3.8) is 0 Å². The molecule has 0 atom stereocenters. The highest BCUT2D eigenvalue weighted by Gasteiger charge is 2.13. The van der Waals surface area contributed by atoms with Gasteiger partial charge in [0.25, 0.3) is 11.1 Å². The molecular weight excluding hydrogens is 359 g/mol. The highest BCUT2D eigenvalue weighted by molar-refractivity contribution is 7.99. The third-order valence-corrected chi connectivity index (χ3v) is 4.35. The summed E-state index contributed by atoms with van der Waals surface area (Å²) in [5.74, 6) is 2.28. The number of nitrogens with zero attached hydrogens (tertiary/aromatic N) is 2. The van der Waals surface area contributed by atoms with Gasteiger partial charge in [-0.25, -0.2) is 0 Å². The van der Waals surface area contributed by atoms with Gasteiger partial charge in [0.15, 0.2) is 5.75 Å². The van der Waals surface area contributed by atoms with Crippen LogP contribution in [0.4, 0.5) is 0 Å². The molecule has 5 nitrogen and oxygen atoms in total. The molecule has 0 amide bonds. The Labute approximate surface area is 146 Å². The van der Waals surface area contributed by atoms with E-state index in [2.05, 4.69) is 10.2 Å². The molecule has 8 heteroatoms. The smallest absolute Gasteiger partial charge is 0.276 e. The van der Waals surface area contributed by atoms with Crippen LogP contribution in [0.15, 0.2) is 44.6 Å². The van der Waals surface area contributed by atoms with Crippen LogP contribution in [-0.2, 0) is 0 Å². The molecule has 0 saturated carbocycles. The zero-order valence-corrected chi connectivity index (χ0v) is 14.4. The molecular formula is C15H12Cl2N2O3S. The van der Waals surface area contributed by atoms with Gasteiger partial charge >= 0.3 is 0 Å². The van der Waals surface area contributed by atoms with E-state index in [1.807, 2.05) is 6.92 Å². The van der Waals surface area contributed by atoms with Crippen molar-refractivity contribution in [3.05, 3.63) is 46.3 Å². The van der Waals surface area contributed by atoms with Crippen LogP contribution in [0.2, 0.25) is 10.0 Å². The van der Waals surface area contributed by atoms with Crippen LogP contribution >= 0.6 is 35.0 Å². The molecule has 2 aromatic heterocycles. The first-order chi connectivity index (χ1) is 11.1. The topological polar surface area (TPSA) is 61.3 Å². The summed E-state index contributed by atoms with van der Waals surface area (Å²) >= 11 is 13.5. The predicted octanol–water partition coefficient (Wildman–Crippen LogP) is 5.12. The maximum absolute atomic E-state index is 6.03. The Bertz CT molecular complexity index is 783. The van der Waals surface area contributed by atoms with Crippen LogP contribution in [0.1, 0.15) is 5.76 Å². The van der Waals surface area contributed by atoms with Crippen molar-refractivity contribution in [2.24, 2.45) is 0 Å². The summed E-state index contributed by atoms with van der Waals surface area (Å²) in [6.07, 6.45) is 1.59. The predicted molar refractivity (Wildman–Crippen MR) is 89.4 cm³/mol. The quantitative estimate of drug-likeness (QED) is 0.443. The van der Waals surface area contributed by atoms with Gasteiger partial charge in [-0.15, -0.1) is 10.2 Å². The van der Waals surface area contributed by atoms with Crippen LogP contribution in [0, 0.1) is 6.92 Å². The Morgan fingerprint density at radius 3 is 2.65 bits per heavy atom. The number of halogens is 2. The minimum atomic E-state index is 0.413. The highest BCUT2D eigenvalue weighted by Crippen LogP contribution is 2.32. The number of para-hydroxylation sites is 1. The molecule has 23 heavy (non-hydrogen) atoms. The number of ether oxygens (including phenoxy) is 1. The number of thioether (sulfide) groups is 1. The van der Waals surface area contributed by atoms with Crippen molar-refractivity contribution >= 4 is 35.0 Å². The zero-order chi connectivity index (χ0) is 16.2. The van der Waals surface area contributed by atoms with E-state index in [0.717, 1.165) is 11.3 Å². The van der Waals surface area contributed by atoms with Gasteiger partial charge in [0.05, 0.1) is 28.5 Å². The van der Waals surface area contributed by atoms with Crippen molar-refractivity contribution in [2.75, 3.05) is 12.4 Å². The van der Waals surface area contributed by atoms with E-state index in [0.29, 0.717) is 39.3 Å². The van der Waals surface area contributed by atoms with Gasteiger partial charge in [0.1, 0.15) is 5.76 Å². The maximum Gasteiger partial charge on any atom is 0.276 e.